The van der Waals surface area contributed by atoms with E-state index in [1.54, 1.807) is 6.33 Å². The van der Waals surface area contributed by atoms with E-state index in [0.717, 1.165) is 25.0 Å². The topological polar surface area (TPSA) is 34.9 Å². The van der Waals surface area contributed by atoms with E-state index in [2.05, 4.69) is 4.98 Å². The SMILES string of the molecule is CC(C(=O)c1ccc(F)cc1)n1cnc2c1CCCC2. The Bertz CT molecular complexity index is 630. The zero-order valence-electron chi connectivity index (χ0n) is 11.5. The van der Waals surface area contributed by atoms with E-state index in [4.69, 9.17) is 0 Å². The molecule has 0 aliphatic heterocycles. The molecule has 1 atom stereocenters. The summed E-state index contributed by atoms with van der Waals surface area (Å²) in [5.41, 5.74) is 2.84. The molecule has 3 rings (SSSR count). The summed E-state index contributed by atoms with van der Waals surface area (Å²) < 4.78 is 14.9. The third-order valence-corrected chi connectivity index (χ3v) is 3.99. The van der Waals surface area contributed by atoms with Gasteiger partial charge in [-0.1, -0.05) is 0 Å². The van der Waals surface area contributed by atoms with Crippen LogP contribution in [0.3, 0.4) is 0 Å². The number of rotatable bonds is 3. The van der Waals surface area contributed by atoms with Gasteiger partial charge in [-0.2, -0.15) is 0 Å². The van der Waals surface area contributed by atoms with Crippen LogP contribution in [0.1, 0.15) is 47.6 Å². The molecule has 1 aromatic carbocycles. The second kappa shape index (κ2) is 5.19. The molecule has 1 heterocycles. The highest BCUT2D eigenvalue weighted by Gasteiger charge is 2.23. The Balaban J connectivity index is 1.88. The molecule has 2 aromatic rings. The van der Waals surface area contributed by atoms with Crippen molar-refractivity contribution in [3.8, 4) is 0 Å². The van der Waals surface area contributed by atoms with Crippen LogP contribution in [0.25, 0.3) is 0 Å². The van der Waals surface area contributed by atoms with E-state index >= 15 is 0 Å². The van der Waals surface area contributed by atoms with Crippen molar-refractivity contribution >= 4 is 5.78 Å². The summed E-state index contributed by atoms with van der Waals surface area (Å²) in [4.78, 5) is 16.9. The minimum Gasteiger partial charge on any atom is -0.324 e. The number of carbonyl (C=O) groups excluding carboxylic acids is 1. The van der Waals surface area contributed by atoms with Gasteiger partial charge in [-0.25, -0.2) is 9.37 Å². The van der Waals surface area contributed by atoms with Gasteiger partial charge in [-0.05, 0) is 56.9 Å². The predicted molar refractivity (Wildman–Crippen MR) is 74.3 cm³/mol. The summed E-state index contributed by atoms with van der Waals surface area (Å²) in [7, 11) is 0. The maximum Gasteiger partial charge on any atom is 0.185 e. The zero-order chi connectivity index (χ0) is 14.1. The van der Waals surface area contributed by atoms with Crippen LogP contribution in [0, 0.1) is 5.82 Å². The Hall–Kier alpha value is -1.97. The number of hydrogen-bond donors (Lipinski definition) is 0. The van der Waals surface area contributed by atoms with Gasteiger partial charge in [0.05, 0.1) is 18.1 Å². The second-order valence-corrected chi connectivity index (χ2v) is 5.30. The van der Waals surface area contributed by atoms with Crippen LogP contribution in [0.5, 0.6) is 0 Å². The molecule has 0 radical (unpaired) electrons. The highest BCUT2D eigenvalue weighted by molar-refractivity contribution is 5.98. The van der Waals surface area contributed by atoms with Gasteiger partial charge < -0.3 is 4.57 Å². The maximum absolute atomic E-state index is 12.9. The molecular weight excluding hydrogens is 255 g/mol. The van der Waals surface area contributed by atoms with Gasteiger partial charge in [0.1, 0.15) is 5.82 Å². The first-order valence-corrected chi connectivity index (χ1v) is 7.01. The van der Waals surface area contributed by atoms with Crippen LogP contribution in [0.4, 0.5) is 4.39 Å². The second-order valence-electron chi connectivity index (χ2n) is 5.30. The number of Topliss-reactive ketones (excluding diaryl/α,β-unsaturated/α-hetero) is 1. The highest BCUT2D eigenvalue weighted by atomic mass is 19.1. The van der Waals surface area contributed by atoms with Crippen LogP contribution < -0.4 is 0 Å². The molecule has 104 valence electrons. The number of benzene rings is 1. The molecule has 1 unspecified atom stereocenters. The molecule has 1 aliphatic carbocycles. The Labute approximate surface area is 117 Å². The summed E-state index contributed by atoms with van der Waals surface area (Å²) in [6, 6.07) is 5.43. The minimum atomic E-state index is -0.325. The van der Waals surface area contributed by atoms with Gasteiger partial charge in [-0.3, -0.25) is 4.79 Å². The summed E-state index contributed by atoms with van der Waals surface area (Å²) in [5, 5.41) is 0. The first kappa shape index (κ1) is 13.0. The van der Waals surface area contributed by atoms with Crippen LogP contribution in [0.15, 0.2) is 30.6 Å². The van der Waals surface area contributed by atoms with Crippen molar-refractivity contribution in [3.05, 3.63) is 53.4 Å². The number of halogens is 1. The van der Waals surface area contributed by atoms with E-state index in [1.807, 2.05) is 11.5 Å². The molecule has 0 spiro atoms. The largest absolute Gasteiger partial charge is 0.324 e. The van der Waals surface area contributed by atoms with Gasteiger partial charge in [0.15, 0.2) is 5.78 Å². The Morgan fingerprint density at radius 2 is 1.95 bits per heavy atom. The van der Waals surface area contributed by atoms with Crippen LogP contribution in [0.2, 0.25) is 0 Å². The Kier molecular flexibility index (Phi) is 3.38. The van der Waals surface area contributed by atoms with E-state index < -0.39 is 0 Å². The maximum atomic E-state index is 12.9. The zero-order valence-corrected chi connectivity index (χ0v) is 11.5. The number of nitrogens with zero attached hydrogens (tertiary/aromatic N) is 2. The van der Waals surface area contributed by atoms with Gasteiger partial charge in [-0.15, -0.1) is 0 Å². The minimum absolute atomic E-state index is 0.00391. The number of hydrogen-bond acceptors (Lipinski definition) is 2. The number of aryl methyl sites for hydroxylation is 1. The van der Waals surface area contributed by atoms with Crippen molar-refractivity contribution in [3.63, 3.8) is 0 Å². The molecule has 0 fully saturated rings. The van der Waals surface area contributed by atoms with Gasteiger partial charge in [0.2, 0.25) is 0 Å². The first-order chi connectivity index (χ1) is 9.66. The van der Waals surface area contributed by atoms with Crippen molar-refractivity contribution in [1.29, 1.82) is 0 Å². The molecule has 1 aromatic heterocycles. The Morgan fingerprint density at radius 3 is 2.70 bits per heavy atom. The quantitative estimate of drug-likeness (QED) is 0.803. The molecule has 0 saturated carbocycles. The third kappa shape index (κ3) is 2.26. The van der Waals surface area contributed by atoms with Gasteiger partial charge >= 0.3 is 0 Å². The van der Waals surface area contributed by atoms with E-state index in [-0.39, 0.29) is 17.6 Å². The lowest BCUT2D eigenvalue weighted by Crippen LogP contribution is -2.19. The summed E-state index contributed by atoms with van der Waals surface area (Å²) in [6.07, 6.45) is 6.07. The fourth-order valence-corrected chi connectivity index (χ4v) is 2.81. The number of carbonyl (C=O) groups is 1. The molecule has 0 N–H and O–H groups in total. The van der Waals surface area contributed by atoms with E-state index in [9.17, 15) is 9.18 Å². The van der Waals surface area contributed by atoms with Crippen LogP contribution in [-0.2, 0) is 12.8 Å². The van der Waals surface area contributed by atoms with Crippen molar-refractivity contribution in [2.75, 3.05) is 0 Å². The normalized spacial score (nSPS) is 15.7. The molecule has 3 nitrogen and oxygen atoms in total. The number of fused-ring (bicyclic) bond motifs is 1. The van der Waals surface area contributed by atoms with Crippen molar-refractivity contribution < 1.29 is 9.18 Å². The number of imidazole rings is 1. The van der Waals surface area contributed by atoms with Crippen molar-refractivity contribution in [2.45, 2.75) is 38.6 Å². The molecule has 0 bridgehead atoms. The smallest absolute Gasteiger partial charge is 0.185 e. The summed E-state index contributed by atoms with van der Waals surface area (Å²) in [6.45, 7) is 1.88. The molecular formula is C16H17FN2O. The molecule has 20 heavy (non-hydrogen) atoms. The fourth-order valence-electron chi connectivity index (χ4n) is 2.81. The van der Waals surface area contributed by atoms with Crippen molar-refractivity contribution in [1.82, 2.24) is 9.55 Å². The standard InChI is InChI=1S/C16H17FN2O/c1-11(16(20)12-6-8-13(17)9-7-12)19-10-18-14-4-2-3-5-15(14)19/h6-11H,2-5H2,1H3. The lowest BCUT2D eigenvalue weighted by Gasteiger charge is -2.18. The predicted octanol–water partition coefficient (Wildman–Crippen LogP) is 3.34. The Morgan fingerprint density at radius 1 is 1.25 bits per heavy atom. The molecule has 1 aliphatic rings. The van der Waals surface area contributed by atoms with E-state index in [1.165, 1.54) is 36.4 Å². The summed E-state index contributed by atoms with van der Waals surface area (Å²) >= 11 is 0. The van der Waals surface area contributed by atoms with Gasteiger partial charge in [0.25, 0.3) is 0 Å². The van der Waals surface area contributed by atoms with Crippen LogP contribution >= 0.6 is 0 Å². The molecule has 0 amide bonds. The van der Waals surface area contributed by atoms with E-state index in [0.29, 0.717) is 5.56 Å². The monoisotopic (exact) mass is 272 g/mol. The lowest BCUT2D eigenvalue weighted by molar-refractivity contribution is 0.0933. The average molecular weight is 272 g/mol. The van der Waals surface area contributed by atoms with Gasteiger partial charge in [0, 0.05) is 11.3 Å². The fraction of sp³-hybridized carbons (Fsp3) is 0.375. The average Bonchev–Trinajstić information content (AvgIpc) is 2.90. The number of aromatic nitrogens is 2. The van der Waals surface area contributed by atoms with Crippen molar-refractivity contribution in [2.24, 2.45) is 0 Å². The molecule has 4 heteroatoms. The number of ketones is 1. The lowest BCUT2D eigenvalue weighted by atomic mass is 9.99. The third-order valence-electron chi connectivity index (χ3n) is 3.99. The highest BCUT2D eigenvalue weighted by Crippen LogP contribution is 2.24. The van der Waals surface area contributed by atoms with Crippen LogP contribution in [-0.4, -0.2) is 15.3 Å². The molecule has 0 saturated heterocycles. The summed E-state index contributed by atoms with van der Waals surface area (Å²) in [5.74, 6) is -0.329. The first-order valence-electron chi connectivity index (χ1n) is 7.01.